The van der Waals surface area contributed by atoms with E-state index < -0.39 is 0 Å². The van der Waals surface area contributed by atoms with Crippen molar-refractivity contribution in [2.75, 3.05) is 0 Å². The van der Waals surface area contributed by atoms with Crippen molar-refractivity contribution in [3.05, 3.63) is 255 Å². The van der Waals surface area contributed by atoms with Crippen LogP contribution in [0.25, 0.3) is 120 Å². The SMILES string of the molecule is c1ccc(-c2cc(-c3ccccc3)cc(-c3ccc(-c4ccc5c(c4)sc4c5ccc5c4c4ccccc4n5-c4ccccc4)c(-c4c[n+](-c5ccccc5)cc(-c5ccccc5)n4)c3)c2)cc1. The summed E-state index contributed by atoms with van der Waals surface area (Å²) in [6.07, 6.45) is 4.34. The summed E-state index contributed by atoms with van der Waals surface area (Å²) in [6.45, 7) is 0. The Labute approximate surface area is 398 Å². The van der Waals surface area contributed by atoms with Crippen molar-refractivity contribution in [1.29, 1.82) is 0 Å². The van der Waals surface area contributed by atoms with Crippen LogP contribution in [0.15, 0.2) is 255 Å². The molecule has 0 aliphatic rings. The van der Waals surface area contributed by atoms with E-state index in [4.69, 9.17) is 4.98 Å². The highest BCUT2D eigenvalue weighted by molar-refractivity contribution is 7.26. The van der Waals surface area contributed by atoms with Crippen molar-refractivity contribution < 1.29 is 4.57 Å². The Morgan fingerprint density at radius 1 is 0.353 bits per heavy atom. The molecule has 0 radical (unpaired) electrons. The number of hydrogen-bond acceptors (Lipinski definition) is 2. The molecule has 0 unspecified atom stereocenters. The normalized spacial score (nSPS) is 11.5. The maximum absolute atomic E-state index is 5.52. The minimum atomic E-state index is 0.890. The van der Waals surface area contributed by atoms with Crippen LogP contribution in [-0.2, 0) is 0 Å². The Bertz CT molecular complexity index is 3870. The Balaban J connectivity index is 1.04. The second kappa shape index (κ2) is 16.6. The molecule has 3 aromatic heterocycles. The quantitative estimate of drug-likeness (QED) is 0.139. The summed E-state index contributed by atoms with van der Waals surface area (Å²) in [4.78, 5) is 5.52. The van der Waals surface area contributed by atoms with Crippen LogP contribution in [0.5, 0.6) is 0 Å². The molecule has 0 bridgehead atoms. The summed E-state index contributed by atoms with van der Waals surface area (Å²) in [6, 6.07) is 87.6. The lowest BCUT2D eigenvalue weighted by molar-refractivity contribution is -0.595. The average molecular weight is 885 g/mol. The molecule has 68 heavy (non-hydrogen) atoms. The van der Waals surface area contributed by atoms with Gasteiger partial charge >= 0.3 is 0 Å². The number of nitrogens with zero attached hydrogens (tertiary/aromatic N) is 3. The highest BCUT2D eigenvalue weighted by Gasteiger charge is 2.22. The Morgan fingerprint density at radius 2 is 0.912 bits per heavy atom. The molecule has 0 atom stereocenters. The Hall–Kier alpha value is -8.70. The monoisotopic (exact) mass is 884 g/mol. The summed E-state index contributed by atoms with van der Waals surface area (Å²) >= 11 is 1.89. The van der Waals surface area contributed by atoms with E-state index in [1.165, 1.54) is 69.9 Å². The minimum Gasteiger partial charge on any atom is -0.309 e. The average Bonchev–Trinajstić information content (AvgIpc) is 3.97. The van der Waals surface area contributed by atoms with Crippen molar-refractivity contribution in [2.45, 2.75) is 0 Å². The lowest BCUT2D eigenvalue weighted by Gasteiger charge is -2.15. The van der Waals surface area contributed by atoms with Crippen molar-refractivity contribution in [2.24, 2.45) is 0 Å². The van der Waals surface area contributed by atoms with Crippen molar-refractivity contribution in [3.63, 3.8) is 0 Å². The number of aromatic nitrogens is 3. The molecule has 0 spiro atoms. The molecule has 13 aromatic rings. The lowest BCUT2D eigenvalue weighted by atomic mass is 9.90. The second-order valence-corrected chi connectivity index (χ2v) is 18.4. The Kier molecular flexibility index (Phi) is 9.69. The van der Waals surface area contributed by atoms with Crippen LogP contribution < -0.4 is 4.57 Å². The number of benzene rings is 10. The molecule has 0 saturated carbocycles. The summed E-state index contributed by atoms with van der Waals surface area (Å²) < 4.78 is 7.19. The van der Waals surface area contributed by atoms with Crippen LogP contribution in [0, 0.1) is 0 Å². The van der Waals surface area contributed by atoms with Crippen molar-refractivity contribution in [1.82, 2.24) is 9.55 Å². The molecule has 0 fully saturated rings. The molecule has 3 nitrogen and oxygen atoms in total. The Morgan fingerprint density at radius 3 is 1.60 bits per heavy atom. The number of para-hydroxylation sites is 3. The third kappa shape index (κ3) is 6.98. The van der Waals surface area contributed by atoms with Crippen LogP contribution in [0.4, 0.5) is 0 Å². The van der Waals surface area contributed by atoms with Crippen LogP contribution in [-0.4, -0.2) is 9.55 Å². The van der Waals surface area contributed by atoms with E-state index >= 15 is 0 Å². The first-order valence-electron chi connectivity index (χ1n) is 23.1. The van der Waals surface area contributed by atoms with E-state index in [2.05, 4.69) is 264 Å². The first-order valence-corrected chi connectivity index (χ1v) is 23.9. The zero-order valence-electron chi connectivity index (χ0n) is 37.0. The van der Waals surface area contributed by atoms with E-state index in [1.54, 1.807) is 0 Å². The van der Waals surface area contributed by atoms with Gasteiger partial charge in [-0.1, -0.05) is 176 Å². The number of rotatable bonds is 8. The summed E-state index contributed by atoms with van der Waals surface area (Å²) in [5.41, 5.74) is 17.8. The number of fused-ring (bicyclic) bond motifs is 7. The zero-order chi connectivity index (χ0) is 45.0. The third-order valence-corrected chi connectivity index (χ3v) is 14.4. The fraction of sp³-hybridized carbons (Fsp3) is 0. The second-order valence-electron chi connectivity index (χ2n) is 17.4. The van der Waals surface area contributed by atoms with Gasteiger partial charge in [0.2, 0.25) is 18.1 Å². The molecule has 318 valence electrons. The molecule has 0 amide bonds. The van der Waals surface area contributed by atoms with E-state index in [0.29, 0.717) is 0 Å². The van der Waals surface area contributed by atoms with Gasteiger partial charge in [-0.15, -0.1) is 11.3 Å². The fourth-order valence-corrected chi connectivity index (χ4v) is 11.3. The predicted molar refractivity (Wildman–Crippen MR) is 286 cm³/mol. The van der Waals surface area contributed by atoms with Gasteiger partial charge < -0.3 is 4.57 Å². The highest BCUT2D eigenvalue weighted by atomic mass is 32.1. The standard InChI is InChI=1S/C64H42N3S/c1-6-18-43(19-7-1)48-36-49(44-20-8-2-9-21-44)38-50(37-48)46-30-32-53(57(39-46)59-42-66(51-24-12-4-13-25-51)41-58(65-59)45-22-10-3-11-23-45)47-31-33-54-55-34-35-61-63(64(55)68-62(54)40-47)56-28-16-17-29-60(56)67(61)52-26-14-5-15-27-52/h1-42H/q+1. The molecule has 0 N–H and O–H groups in total. The van der Waals surface area contributed by atoms with E-state index in [9.17, 15) is 0 Å². The molecule has 0 saturated heterocycles. The van der Waals surface area contributed by atoms with Gasteiger partial charge in [0.25, 0.3) is 0 Å². The first kappa shape index (κ1) is 39.6. The highest BCUT2D eigenvalue weighted by Crippen LogP contribution is 2.46. The van der Waals surface area contributed by atoms with Gasteiger partial charge in [0.05, 0.1) is 11.0 Å². The van der Waals surface area contributed by atoms with Crippen LogP contribution in [0.2, 0.25) is 0 Å². The molecular weight excluding hydrogens is 843 g/mol. The van der Waals surface area contributed by atoms with Crippen molar-refractivity contribution >= 4 is 53.3 Å². The molecule has 3 heterocycles. The van der Waals surface area contributed by atoms with E-state index in [0.717, 1.165) is 50.5 Å². The molecule has 13 rings (SSSR count). The third-order valence-electron chi connectivity index (χ3n) is 13.3. The topological polar surface area (TPSA) is 21.7 Å². The maximum atomic E-state index is 5.52. The summed E-state index contributed by atoms with van der Waals surface area (Å²) in [5, 5.41) is 5.12. The molecule has 0 aliphatic heterocycles. The smallest absolute Gasteiger partial charge is 0.210 e. The van der Waals surface area contributed by atoms with Crippen molar-refractivity contribution in [3.8, 4) is 78.4 Å². The fourth-order valence-electron chi connectivity index (χ4n) is 10.0. The predicted octanol–water partition coefficient (Wildman–Crippen LogP) is 16.8. The first-order chi connectivity index (χ1) is 33.7. The van der Waals surface area contributed by atoms with Gasteiger partial charge in [-0.25, -0.2) is 4.98 Å². The van der Waals surface area contributed by atoms with Gasteiger partial charge in [-0.2, -0.15) is 4.57 Å². The van der Waals surface area contributed by atoms with Gasteiger partial charge in [0.15, 0.2) is 0 Å². The van der Waals surface area contributed by atoms with E-state index in [-0.39, 0.29) is 0 Å². The van der Waals surface area contributed by atoms with Gasteiger partial charge in [0.1, 0.15) is 11.4 Å². The minimum absolute atomic E-state index is 0.890. The molecule has 10 aromatic carbocycles. The largest absolute Gasteiger partial charge is 0.309 e. The van der Waals surface area contributed by atoms with Gasteiger partial charge in [0, 0.05) is 59.9 Å². The van der Waals surface area contributed by atoms with Gasteiger partial charge in [-0.05, 0) is 99.1 Å². The lowest BCUT2D eigenvalue weighted by Crippen LogP contribution is -2.30. The van der Waals surface area contributed by atoms with Crippen LogP contribution in [0.1, 0.15) is 0 Å². The van der Waals surface area contributed by atoms with Gasteiger partial charge in [-0.3, -0.25) is 0 Å². The summed E-state index contributed by atoms with van der Waals surface area (Å²) in [7, 11) is 0. The maximum Gasteiger partial charge on any atom is 0.210 e. The number of thiophene rings is 1. The molecular formula is C64H42N3S+. The molecule has 4 heteroatoms. The van der Waals surface area contributed by atoms with Crippen LogP contribution >= 0.6 is 11.3 Å². The zero-order valence-corrected chi connectivity index (χ0v) is 37.8. The summed E-state index contributed by atoms with van der Waals surface area (Å²) in [5.74, 6) is 0. The molecule has 0 aliphatic carbocycles. The number of hydrogen-bond donors (Lipinski definition) is 0. The van der Waals surface area contributed by atoms with E-state index in [1.807, 2.05) is 11.3 Å². The van der Waals surface area contributed by atoms with Crippen LogP contribution in [0.3, 0.4) is 0 Å².